The van der Waals surface area contributed by atoms with Crippen LogP contribution in [0.5, 0.6) is 5.75 Å². The van der Waals surface area contributed by atoms with E-state index in [0.29, 0.717) is 46.8 Å². The summed E-state index contributed by atoms with van der Waals surface area (Å²) in [6.45, 7) is 6.46. The highest BCUT2D eigenvalue weighted by Gasteiger charge is 2.42. The molecule has 0 unspecified atom stereocenters. The van der Waals surface area contributed by atoms with Crippen LogP contribution in [0.1, 0.15) is 16.7 Å². The molecule has 0 amide bonds. The molecule has 0 atom stereocenters. The monoisotopic (exact) mass is 560 g/mol. The van der Waals surface area contributed by atoms with Gasteiger partial charge in [-0.15, -0.1) is 0 Å². The number of ether oxygens (including phenoxy) is 1. The number of esters is 1. The first-order chi connectivity index (χ1) is 18.5. The second-order valence-corrected chi connectivity index (χ2v) is 9.86. The predicted octanol–water partition coefficient (Wildman–Crippen LogP) is 6.04. The lowest BCUT2D eigenvalue weighted by atomic mass is 9.96. The highest BCUT2D eigenvalue weighted by atomic mass is 35.5. The average molecular weight is 561 g/mol. The van der Waals surface area contributed by atoms with Crippen LogP contribution < -0.4 is 15.0 Å². The molecule has 1 fully saturated rings. The quantitative estimate of drug-likeness (QED) is 0.183. The van der Waals surface area contributed by atoms with Crippen molar-refractivity contribution < 1.29 is 27.1 Å². The number of aromatic nitrogens is 2. The molecule has 1 aliphatic heterocycles. The van der Waals surface area contributed by atoms with E-state index in [1.165, 1.54) is 6.07 Å². The van der Waals surface area contributed by atoms with Crippen LogP contribution in [0.25, 0.3) is 22.2 Å². The summed E-state index contributed by atoms with van der Waals surface area (Å²) in [7, 11) is 0. The maximum absolute atomic E-state index is 13.9. The molecule has 1 saturated heterocycles. The molecule has 0 radical (unpaired) electrons. The zero-order chi connectivity index (χ0) is 27.9. The molecule has 2 heterocycles. The third-order valence-electron chi connectivity index (χ3n) is 6.73. The lowest BCUT2D eigenvalue weighted by molar-refractivity contribution is -0.189. The van der Waals surface area contributed by atoms with Gasteiger partial charge in [0.1, 0.15) is 17.1 Å². The van der Waals surface area contributed by atoms with Gasteiger partial charge in [0.25, 0.3) is 0 Å². The van der Waals surface area contributed by atoms with Crippen LogP contribution in [0, 0.1) is 19.7 Å². The molecular weight excluding hydrogens is 536 g/mol. The van der Waals surface area contributed by atoms with Gasteiger partial charge >= 0.3 is 12.1 Å². The van der Waals surface area contributed by atoms with Gasteiger partial charge in [0.05, 0.1) is 22.6 Å². The summed E-state index contributed by atoms with van der Waals surface area (Å²) in [4.78, 5) is 19.0. The Balaban J connectivity index is 1.79. The number of hydrogen-bond acceptors (Lipinski definition) is 5. The van der Waals surface area contributed by atoms with Gasteiger partial charge in [-0.3, -0.25) is 0 Å². The summed E-state index contributed by atoms with van der Waals surface area (Å²) in [5.41, 5.74) is 3.75. The van der Waals surface area contributed by atoms with E-state index in [-0.39, 0.29) is 17.3 Å². The number of piperazine rings is 1. The number of benzene rings is 3. The number of hydrogen-bond donors (Lipinski definition) is 1. The number of nitrogens with zero attached hydrogens (tertiary/aromatic N) is 3. The molecule has 1 aliphatic rings. The minimum absolute atomic E-state index is 0.0150. The Labute approximate surface area is 227 Å². The summed E-state index contributed by atoms with van der Waals surface area (Å²) in [5, 5.41) is 3.28. The van der Waals surface area contributed by atoms with Crippen LogP contribution in [0.15, 0.2) is 48.5 Å². The lowest BCUT2D eigenvalue weighted by Gasteiger charge is -2.29. The molecule has 1 N–H and O–H groups in total. The maximum atomic E-state index is 13.9. The van der Waals surface area contributed by atoms with Gasteiger partial charge in [0.15, 0.2) is 0 Å². The van der Waals surface area contributed by atoms with Gasteiger partial charge in [-0.1, -0.05) is 41.9 Å². The molecule has 0 bridgehead atoms. The minimum Gasteiger partial charge on any atom is -0.419 e. The van der Waals surface area contributed by atoms with Crippen molar-refractivity contribution in [2.45, 2.75) is 26.6 Å². The van der Waals surface area contributed by atoms with E-state index in [2.05, 4.69) is 10.2 Å². The predicted molar refractivity (Wildman–Crippen MR) is 142 cm³/mol. The zero-order valence-corrected chi connectivity index (χ0v) is 22.0. The molecular formula is C28H25ClF4N4O2. The number of anilines is 1. The van der Waals surface area contributed by atoms with Gasteiger partial charge in [0.2, 0.25) is 5.95 Å². The Kier molecular flexibility index (Phi) is 7.26. The number of fused-ring (bicyclic) bond motifs is 1. The van der Waals surface area contributed by atoms with Crippen molar-refractivity contribution in [3.63, 3.8) is 0 Å². The summed E-state index contributed by atoms with van der Waals surface area (Å²) < 4.78 is 60.6. The third kappa shape index (κ3) is 5.31. The summed E-state index contributed by atoms with van der Waals surface area (Å²) in [6, 6.07) is 13.3. The number of halogens is 5. The highest BCUT2D eigenvalue weighted by molar-refractivity contribution is 6.30. The first-order valence-electron chi connectivity index (χ1n) is 12.3. The molecule has 204 valence electrons. The van der Waals surface area contributed by atoms with Crippen LogP contribution >= 0.6 is 11.6 Å². The van der Waals surface area contributed by atoms with Crippen molar-refractivity contribution in [3.05, 3.63) is 76.1 Å². The fourth-order valence-electron chi connectivity index (χ4n) is 4.83. The Morgan fingerprint density at radius 1 is 1.08 bits per heavy atom. The van der Waals surface area contributed by atoms with Crippen LogP contribution in [0.4, 0.5) is 23.5 Å². The van der Waals surface area contributed by atoms with Crippen molar-refractivity contribution in [1.82, 2.24) is 14.9 Å². The minimum atomic E-state index is -5.17. The van der Waals surface area contributed by atoms with Crippen molar-refractivity contribution >= 4 is 34.6 Å². The molecule has 3 aromatic carbocycles. The van der Waals surface area contributed by atoms with Gasteiger partial charge in [-0.2, -0.15) is 13.2 Å². The second-order valence-electron chi connectivity index (χ2n) is 9.45. The Morgan fingerprint density at radius 3 is 2.46 bits per heavy atom. The van der Waals surface area contributed by atoms with E-state index in [1.54, 1.807) is 37.3 Å². The number of rotatable bonds is 5. The van der Waals surface area contributed by atoms with Crippen molar-refractivity contribution in [2.24, 2.45) is 0 Å². The molecule has 0 saturated carbocycles. The van der Waals surface area contributed by atoms with Crippen molar-refractivity contribution in [2.75, 3.05) is 31.1 Å². The zero-order valence-electron chi connectivity index (χ0n) is 21.2. The largest absolute Gasteiger partial charge is 0.491 e. The Bertz CT molecular complexity index is 1560. The van der Waals surface area contributed by atoms with Crippen LogP contribution in [-0.4, -0.2) is 47.9 Å². The number of carbonyl (C=O) groups is 1. The number of carbonyl (C=O) groups excluding carboxylic acids is 1. The van der Waals surface area contributed by atoms with Crippen molar-refractivity contribution in [1.29, 1.82) is 0 Å². The topological polar surface area (TPSA) is 59.4 Å². The number of nitrogens with one attached hydrogen (secondary N) is 1. The Morgan fingerprint density at radius 2 is 1.79 bits per heavy atom. The molecule has 4 aromatic rings. The van der Waals surface area contributed by atoms with Gasteiger partial charge in [0, 0.05) is 26.2 Å². The highest BCUT2D eigenvalue weighted by Crippen LogP contribution is 2.43. The smallest absolute Gasteiger partial charge is 0.419 e. The van der Waals surface area contributed by atoms with E-state index in [1.807, 2.05) is 23.6 Å². The van der Waals surface area contributed by atoms with Gasteiger partial charge in [-0.05, 0) is 54.3 Å². The molecule has 1 aromatic heterocycles. The number of alkyl halides is 3. The van der Waals surface area contributed by atoms with E-state index >= 15 is 0 Å². The third-order valence-corrected chi connectivity index (χ3v) is 7.02. The summed E-state index contributed by atoms with van der Waals surface area (Å²) in [5.74, 6) is -2.43. The molecule has 11 heteroatoms. The molecule has 0 spiro atoms. The molecule has 5 rings (SSSR count). The van der Waals surface area contributed by atoms with E-state index < -0.39 is 18.0 Å². The first kappa shape index (κ1) is 27.0. The first-order valence-corrected chi connectivity index (χ1v) is 12.7. The van der Waals surface area contributed by atoms with Gasteiger partial charge < -0.3 is 19.5 Å². The standard InChI is InChI=1S/C28H25ClF4N4O2/c1-16-5-3-4-6-19(16)23-24-22(13-17(2)25(23)39-26(38)28(31,32)33)37(15-18-7-8-21(30)20(29)14-18)27(35-24)36-11-9-34-10-12-36/h3-8,13-14,34H,9-12,15H2,1-2H3. The lowest BCUT2D eigenvalue weighted by Crippen LogP contribution is -2.44. The fraction of sp³-hybridized carbons (Fsp3) is 0.286. The average Bonchev–Trinajstić information content (AvgIpc) is 3.24. The Hall–Kier alpha value is -3.63. The summed E-state index contributed by atoms with van der Waals surface area (Å²) in [6.07, 6.45) is -5.17. The van der Waals surface area contributed by atoms with Crippen LogP contribution in [-0.2, 0) is 11.3 Å². The van der Waals surface area contributed by atoms with Crippen molar-refractivity contribution in [3.8, 4) is 16.9 Å². The maximum Gasteiger partial charge on any atom is 0.491 e. The van der Waals surface area contributed by atoms with Crippen LogP contribution in [0.2, 0.25) is 5.02 Å². The van der Waals surface area contributed by atoms with Crippen LogP contribution in [0.3, 0.4) is 0 Å². The molecule has 6 nitrogen and oxygen atoms in total. The van der Waals surface area contributed by atoms with Gasteiger partial charge in [-0.25, -0.2) is 14.2 Å². The van der Waals surface area contributed by atoms with E-state index in [9.17, 15) is 22.4 Å². The van der Waals surface area contributed by atoms with E-state index in [4.69, 9.17) is 21.3 Å². The van der Waals surface area contributed by atoms with E-state index in [0.717, 1.165) is 24.2 Å². The number of imidazole rings is 1. The fourth-order valence-corrected chi connectivity index (χ4v) is 5.03. The summed E-state index contributed by atoms with van der Waals surface area (Å²) >= 11 is 6.06. The molecule has 0 aliphatic carbocycles. The number of aryl methyl sites for hydroxylation is 2. The SMILES string of the molecule is Cc1ccccc1-c1c(OC(=O)C(F)(F)F)c(C)cc2c1nc(N1CCNCC1)n2Cc1ccc(F)c(Cl)c1. The normalized spacial score (nSPS) is 14.2. The second kappa shape index (κ2) is 10.5. The molecule has 39 heavy (non-hydrogen) atoms.